The first-order chi connectivity index (χ1) is 12.4. The molecule has 0 bridgehead atoms. The summed E-state index contributed by atoms with van der Waals surface area (Å²) >= 11 is 0. The van der Waals surface area contributed by atoms with Crippen LogP contribution in [0.5, 0.6) is 0 Å². The maximum Gasteiger partial charge on any atom is 0.240 e. The monoisotopic (exact) mass is 357 g/mol. The predicted molar refractivity (Wildman–Crippen MR) is 93.2 cm³/mol. The number of hydrogen-bond donors (Lipinski definition) is 3. The van der Waals surface area contributed by atoms with Gasteiger partial charge in [-0.05, 0) is 29.3 Å². The van der Waals surface area contributed by atoms with E-state index in [-0.39, 0.29) is 12.8 Å². The Hall–Kier alpha value is -3.22. The van der Waals surface area contributed by atoms with Gasteiger partial charge in [0.05, 0.1) is 6.42 Å². The van der Waals surface area contributed by atoms with E-state index in [4.69, 9.17) is 5.73 Å². The van der Waals surface area contributed by atoms with Crippen LogP contribution in [0.3, 0.4) is 0 Å². The van der Waals surface area contributed by atoms with Crippen LogP contribution in [0, 0.1) is 11.6 Å². The van der Waals surface area contributed by atoms with Crippen molar-refractivity contribution in [2.24, 2.45) is 5.73 Å². The fraction of sp³-hybridized carbons (Fsp3) is 0.158. The van der Waals surface area contributed by atoms with E-state index in [1.807, 2.05) is 24.3 Å². The molecule has 0 saturated carbocycles. The van der Waals surface area contributed by atoms with Gasteiger partial charge in [0.15, 0.2) is 11.6 Å². The Morgan fingerprint density at radius 1 is 1.12 bits per heavy atom. The van der Waals surface area contributed by atoms with Crippen LogP contribution < -0.4 is 11.1 Å². The summed E-state index contributed by atoms with van der Waals surface area (Å²) in [7, 11) is 0. The molecule has 0 spiro atoms. The highest BCUT2D eigenvalue weighted by Gasteiger charge is 2.20. The molecular formula is C19H17F2N3O2. The van der Waals surface area contributed by atoms with E-state index in [1.54, 1.807) is 6.20 Å². The molecule has 26 heavy (non-hydrogen) atoms. The molecule has 5 nitrogen and oxygen atoms in total. The van der Waals surface area contributed by atoms with Crippen LogP contribution in [0.15, 0.2) is 48.7 Å². The number of benzene rings is 2. The number of nitrogens with one attached hydrogen (secondary N) is 2. The molecule has 1 atom stereocenters. The zero-order valence-electron chi connectivity index (χ0n) is 13.8. The molecule has 4 N–H and O–H groups in total. The second-order valence-electron chi connectivity index (χ2n) is 6.01. The second-order valence-corrected chi connectivity index (χ2v) is 6.01. The van der Waals surface area contributed by atoms with Crippen molar-refractivity contribution >= 4 is 22.7 Å². The van der Waals surface area contributed by atoms with E-state index in [0.717, 1.165) is 28.6 Å². The maximum absolute atomic E-state index is 13.2. The van der Waals surface area contributed by atoms with Gasteiger partial charge in [-0.2, -0.15) is 0 Å². The lowest BCUT2D eigenvalue weighted by atomic mass is 10.0. The Balaban J connectivity index is 1.71. The highest BCUT2D eigenvalue weighted by molar-refractivity contribution is 5.89. The van der Waals surface area contributed by atoms with Crippen LogP contribution in [-0.2, 0) is 22.4 Å². The number of aromatic nitrogens is 1. The summed E-state index contributed by atoms with van der Waals surface area (Å²) in [6.07, 6.45) is 1.81. The van der Waals surface area contributed by atoms with E-state index in [9.17, 15) is 18.4 Å². The normalized spacial score (nSPS) is 12.1. The molecule has 3 aromatic rings. The number of primary amides is 1. The van der Waals surface area contributed by atoms with Crippen molar-refractivity contribution in [2.45, 2.75) is 18.9 Å². The number of carbonyl (C=O) groups is 2. The standard InChI is InChI=1S/C19H17F2N3O2/c20-14-6-5-11(7-15(14)21)8-18(25)24-17(19(22)26)9-12-10-23-16-4-2-1-3-13(12)16/h1-7,10,17,23H,8-9H2,(H2,22,26)(H,24,25)/t17-/m0/s1. The zero-order valence-corrected chi connectivity index (χ0v) is 13.8. The maximum atomic E-state index is 13.2. The highest BCUT2D eigenvalue weighted by Crippen LogP contribution is 2.19. The molecule has 0 radical (unpaired) electrons. The minimum atomic E-state index is -1.03. The van der Waals surface area contributed by atoms with Gasteiger partial charge in [-0.1, -0.05) is 24.3 Å². The number of aromatic amines is 1. The Kier molecular flexibility index (Phi) is 4.97. The van der Waals surface area contributed by atoms with Gasteiger partial charge in [-0.25, -0.2) is 8.78 Å². The number of nitrogens with two attached hydrogens (primary N) is 1. The largest absolute Gasteiger partial charge is 0.368 e. The SMILES string of the molecule is NC(=O)[C@H](Cc1c[nH]c2ccccc12)NC(=O)Cc1ccc(F)c(F)c1. The molecule has 0 fully saturated rings. The third-order valence-corrected chi connectivity index (χ3v) is 4.13. The first-order valence-electron chi connectivity index (χ1n) is 8.01. The number of fused-ring (bicyclic) bond motifs is 1. The zero-order chi connectivity index (χ0) is 18.7. The average molecular weight is 357 g/mol. The van der Waals surface area contributed by atoms with Gasteiger partial charge < -0.3 is 16.0 Å². The third-order valence-electron chi connectivity index (χ3n) is 4.13. The van der Waals surface area contributed by atoms with E-state index in [2.05, 4.69) is 10.3 Å². The van der Waals surface area contributed by atoms with Gasteiger partial charge in [-0.15, -0.1) is 0 Å². The molecule has 1 aromatic heterocycles. The first-order valence-corrected chi connectivity index (χ1v) is 8.01. The third kappa shape index (κ3) is 3.88. The summed E-state index contributed by atoms with van der Waals surface area (Å²) in [6.45, 7) is 0. The Bertz CT molecular complexity index is 968. The molecule has 0 aliphatic rings. The Morgan fingerprint density at radius 2 is 1.88 bits per heavy atom. The van der Waals surface area contributed by atoms with Crippen LogP contribution in [0.1, 0.15) is 11.1 Å². The summed E-state index contributed by atoms with van der Waals surface area (Å²) in [4.78, 5) is 27.0. The van der Waals surface area contributed by atoms with Crippen molar-refractivity contribution in [3.05, 3.63) is 71.4 Å². The molecule has 7 heteroatoms. The minimum Gasteiger partial charge on any atom is -0.368 e. The number of hydrogen-bond acceptors (Lipinski definition) is 2. The fourth-order valence-corrected chi connectivity index (χ4v) is 2.82. The van der Waals surface area contributed by atoms with Gasteiger partial charge in [0, 0.05) is 23.5 Å². The van der Waals surface area contributed by atoms with Crippen molar-refractivity contribution in [3.63, 3.8) is 0 Å². The Labute approximate surface area is 148 Å². The van der Waals surface area contributed by atoms with Crippen LogP contribution >= 0.6 is 0 Å². The summed E-state index contributed by atoms with van der Waals surface area (Å²) in [5.74, 6) is -3.18. The number of amides is 2. The number of rotatable bonds is 6. The number of H-pyrrole nitrogens is 1. The summed E-state index contributed by atoms with van der Waals surface area (Å²) in [6, 6.07) is 9.88. The lowest BCUT2D eigenvalue weighted by Crippen LogP contribution is -2.46. The molecule has 1 heterocycles. The molecule has 0 aliphatic heterocycles. The van der Waals surface area contributed by atoms with Crippen molar-refractivity contribution in [3.8, 4) is 0 Å². The number of carbonyl (C=O) groups excluding carboxylic acids is 2. The minimum absolute atomic E-state index is 0.186. The van der Waals surface area contributed by atoms with Gasteiger partial charge >= 0.3 is 0 Å². The van der Waals surface area contributed by atoms with E-state index in [0.29, 0.717) is 5.56 Å². The fourth-order valence-electron chi connectivity index (χ4n) is 2.82. The van der Waals surface area contributed by atoms with Gasteiger partial charge in [0.1, 0.15) is 6.04 Å². The quantitative estimate of drug-likeness (QED) is 0.631. The molecule has 134 valence electrons. The number of halogens is 2. The summed E-state index contributed by atoms with van der Waals surface area (Å²) < 4.78 is 26.2. The van der Waals surface area contributed by atoms with Crippen molar-refractivity contribution in [2.75, 3.05) is 0 Å². The van der Waals surface area contributed by atoms with Crippen molar-refractivity contribution in [1.82, 2.24) is 10.3 Å². The lowest BCUT2D eigenvalue weighted by molar-refractivity contribution is -0.126. The molecular weight excluding hydrogens is 340 g/mol. The Morgan fingerprint density at radius 3 is 2.62 bits per heavy atom. The van der Waals surface area contributed by atoms with Gasteiger partial charge in [-0.3, -0.25) is 9.59 Å². The summed E-state index contributed by atoms with van der Waals surface area (Å²) in [5.41, 5.74) is 7.47. The molecule has 0 unspecified atom stereocenters. The second kappa shape index (κ2) is 7.35. The van der Waals surface area contributed by atoms with Crippen LogP contribution in [0.2, 0.25) is 0 Å². The highest BCUT2D eigenvalue weighted by atomic mass is 19.2. The summed E-state index contributed by atoms with van der Waals surface area (Å²) in [5, 5.41) is 3.50. The first kappa shape index (κ1) is 17.6. The van der Waals surface area contributed by atoms with Crippen LogP contribution in [-0.4, -0.2) is 22.8 Å². The van der Waals surface area contributed by atoms with Crippen LogP contribution in [0.4, 0.5) is 8.78 Å². The van der Waals surface area contributed by atoms with E-state index in [1.165, 1.54) is 6.07 Å². The predicted octanol–water partition coefficient (Wildman–Crippen LogP) is 2.20. The smallest absolute Gasteiger partial charge is 0.240 e. The van der Waals surface area contributed by atoms with Gasteiger partial charge in [0.25, 0.3) is 0 Å². The molecule has 3 rings (SSSR count). The molecule has 2 aromatic carbocycles. The van der Waals surface area contributed by atoms with E-state index < -0.39 is 29.5 Å². The van der Waals surface area contributed by atoms with E-state index >= 15 is 0 Å². The molecule has 0 aliphatic carbocycles. The van der Waals surface area contributed by atoms with Crippen LogP contribution in [0.25, 0.3) is 10.9 Å². The lowest BCUT2D eigenvalue weighted by Gasteiger charge is -2.15. The topological polar surface area (TPSA) is 88.0 Å². The van der Waals surface area contributed by atoms with Gasteiger partial charge in [0.2, 0.25) is 11.8 Å². The van der Waals surface area contributed by atoms with Crippen molar-refractivity contribution < 1.29 is 18.4 Å². The number of para-hydroxylation sites is 1. The average Bonchev–Trinajstić information content (AvgIpc) is 3.01. The molecule has 0 saturated heterocycles. The molecule has 2 amide bonds. The van der Waals surface area contributed by atoms with Crippen molar-refractivity contribution in [1.29, 1.82) is 0 Å².